The Bertz CT molecular complexity index is 299. The van der Waals surface area contributed by atoms with E-state index in [1.54, 1.807) is 0 Å². The van der Waals surface area contributed by atoms with E-state index in [0.717, 1.165) is 38.1 Å². The topological polar surface area (TPSA) is 21.3 Å². The van der Waals surface area contributed by atoms with Crippen LogP contribution >= 0.6 is 0 Å². The molecule has 0 aromatic heterocycles. The Balaban J connectivity index is 1.61. The quantitative estimate of drug-likeness (QED) is 0.711. The van der Waals surface area contributed by atoms with Crippen molar-refractivity contribution in [2.24, 2.45) is 5.92 Å². The van der Waals surface area contributed by atoms with Crippen LogP contribution in [0.1, 0.15) is 24.8 Å². The van der Waals surface area contributed by atoms with Gasteiger partial charge in [0.2, 0.25) is 0 Å². The van der Waals surface area contributed by atoms with Gasteiger partial charge in [0.25, 0.3) is 0 Å². The fourth-order valence-electron chi connectivity index (χ4n) is 2.16. The largest absolute Gasteiger partial charge is 0.380 e. The van der Waals surface area contributed by atoms with Gasteiger partial charge in [-0.3, -0.25) is 0 Å². The monoisotopic (exact) mass is 219 g/mol. The Kier molecular flexibility index (Phi) is 4.37. The smallest absolute Gasteiger partial charge is 0.0590 e. The van der Waals surface area contributed by atoms with Crippen molar-refractivity contribution in [1.82, 2.24) is 5.32 Å². The van der Waals surface area contributed by atoms with Crippen molar-refractivity contribution < 1.29 is 4.74 Å². The maximum absolute atomic E-state index is 5.28. The zero-order valence-electron chi connectivity index (χ0n) is 9.99. The molecule has 1 aromatic rings. The molecule has 1 N–H and O–H groups in total. The molecule has 2 rings (SSSR count). The number of nitrogens with one attached hydrogen (secondary N) is 1. The molecule has 0 heterocycles. The summed E-state index contributed by atoms with van der Waals surface area (Å²) in [6, 6.07) is 10.8. The molecule has 1 aliphatic carbocycles. The molecule has 0 amide bonds. The summed E-state index contributed by atoms with van der Waals surface area (Å²) in [5, 5.41) is 3.46. The highest BCUT2D eigenvalue weighted by Crippen LogP contribution is 2.46. The summed E-state index contributed by atoms with van der Waals surface area (Å²) in [6.45, 7) is 5.79. The van der Waals surface area contributed by atoms with Gasteiger partial charge in [-0.05, 0) is 37.3 Å². The van der Waals surface area contributed by atoms with Crippen molar-refractivity contribution in [2.45, 2.75) is 19.3 Å². The Morgan fingerprint density at radius 2 is 2.12 bits per heavy atom. The molecule has 0 bridgehead atoms. The van der Waals surface area contributed by atoms with E-state index >= 15 is 0 Å². The van der Waals surface area contributed by atoms with E-state index in [2.05, 4.69) is 35.6 Å². The van der Waals surface area contributed by atoms with E-state index in [-0.39, 0.29) is 0 Å². The average Bonchev–Trinajstić information content (AvgIpc) is 3.10. The van der Waals surface area contributed by atoms with Crippen molar-refractivity contribution >= 4 is 0 Å². The average molecular weight is 219 g/mol. The fourth-order valence-corrected chi connectivity index (χ4v) is 2.16. The van der Waals surface area contributed by atoms with E-state index in [1.807, 2.05) is 6.92 Å². The third-order valence-electron chi connectivity index (χ3n) is 3.18. The van der Waals surface area contributed by atoms with E-state index in [4.69, 9.17) is 4.74 Å². The molecule has 2 unspecified atom stereocenters. The van der Waals surface area contributed by atoms with Crippen LogP contribution in [0.25, 0.3) is 0 Å². The molecule has 0 radical (unpaired) electrons. The van der Waals surface area contributed by atoms with Crippen LogP contribution in [0, 0.1) is 5.92 Å². The van der Waals surface area contributed by atoms with Crippen molar-refractivity contribution in [2.75, 3.05) is 26.3 Å². The second-order valence-corrected chi connectivity index (χ2v) is 4.41. The molecule has 88 valence electrons. The van der Waals surface area contributed by atoms with Crippen LogP contribution in [0.4, 0.5) is 0 Å². The molecule has 1 aliphatic rings. The lowest BCUT2D eigenvalue weighted by Gasteiger charge is -2.04. The summed E-state index contributed by atoms with van der Waals surface area (Å²) >= 11 is 0. The molecule has 0 spiro atoms. The van der Waals surface area contributed by atoms with Crippen molar-refractivity contribution in [3.05, 3.63) is 35.9 Å². The van der Waals surface area contributed by atoms with Gasteiger partial charge in [-0.15, -0.1) is 0 Å². The Labute approximate surface area is 98.0 Å². The Hall–Kier alpha value is -0.860. The third kappa shape index (κ3) is 3.32. The zero-order chi connectivity index (χ0) is 11.2. The molecule has 0 saturated heterocycles. The maximum atomic E-state index is 5.28. The molecule has 2 atom stereocenters. The first kappa shape index (κ1) is 11.6. The first-order valence-corrected chi connectivity index (χ1v) is 6.25. The first-order valence-electron chi connectivity index (χ1n) is 6.25. The summed E-state index contributed by atoms with van der Waals surface area (Å²) in [5.41, 5.74) is 1.50. The van der Waals surface area contributed by atoms with Gasteiger partial charge in [0.1, 0.15) is 0 Å². The van der Waals surface area contributed by atoms with Crippen LogP contribution < -0.4 is 5.32 Å². The molecule has 16 heavy (non-hydrogen) atoms. The van der Waals surface area contributed by atoms with Gasteiger partial charge in [0.05, 0.1) is 6.61 Å². The second-order valence-electron chi connectivity index (χ2n) is 4.41. The van der Waals surface area contributed by atoms with E-state index in [0.29, 0.717) is 0 Å². The summed E-state index contributed by atoms with van der Waals surface area (Å²) in [7, 11) is 0. The van der Waals surface area contributed by atoms with Gasteiger partial charge in [0, 0.05) is 13.2 Å². The Morgan fingerprint density at radius 3 is 2.88 bits per heavy atom. The lowest BCUT2D eigenvalue weighted by atomic mass is 10.1. The van der Waals surface area contributed by atoms with Crippen LogP contribution in [0.2, 0.25) is 0 Å². The zero-order valence-corrected chi connectivity index (χ0v) is 9.99. The SMILES string of the molecule is CCOCCNCC1CC1c1ccccc1. The number of benzene rings is 1. The minimum atomic E-state index is 0.792. The van der Waals surface area contributed by atoms with Gasteiger partial charge < -0.3 is 10.1 Å². The number of hydrogen-bond donors (Lipinski definition) is 1. The van der Waals surface area contributed by atoms with Crippen LogP contribution in [0.15, 0.2) is 30.3 Å². The molecular formula is C14H21NO. The molecule has 1 saturated carbocycles. The van der Waals surface area contributed by atoms with Crippen molar-refractivity contribution in [3.8, 4) is 0 Å². The molecule has 0 aliphatic heterocycles. The highest BCUT2D eigenvalue weighted by molar-refractivity contribution is 5.25. The van der Waals surface area contributed by atoms with Gasteiger partial charge in [-0.25, -0.2) is 0 Å². The number of rotatable bonds is 7. The van der Waals surface area contributed by atoms with Gasteiger partial charge in [0.15, 0.2) is 0 Å². The lowest BCUT2D eigenvalue weighted by Crippen LogP contribution is -2.22. The van der Waals surface area contributed by atoms with E-state index in [9.17, 15) is 0 Å². The predicted molar refractivity (Wildman–Crippen MR) is 66.7 cm³/mol. The molecule has 1 fully saturated rings. The first-order chi connectivity index (χ1) is 7.92. The van der Waals surface area contributed by atoms with Crippen LogP contribution in [0.3, 0.4) is 0 Å². The van der Waals surface area contributed by atoms with Crippen molar-refractivity contribution in [3.63, 3.8) is 0 Å². The molecule has 2 nitrogen and oxygen atoms in total. The number of hydrogen-bond acceptors (Lipinski definition) is 2. The highest BCUT2D eigenvalue weighted by Gasteiger charge is 2.37. The summed E-state index contributed by atoms with van der Waals surface area (Å²) in [6.07, 6.45) is 1.34. The molecular weight excluding hydrogens is 198 g/mol. The predicted octanol–water partition coefficient (Wildman–Crippen LogP) is 2.42. The third-order valence-corrected chi connectivity index (χ3v) is 3.18. The van der Waals surface area contributed by atoms with Crippen molar-refractivity contribution in [1.29, 1.82) is 0 Å². The normalized spacial score (nSPS) is 23.3. The molecule has 1 aromatic carbocycles. The fraction of sp³-hybridized carbons (Fsp3) is 0.571. The van der Waals surface area contributed by atoms with E-state index in [1.165, 1.54) is 12.0 Å². The van der Waals surface area contributed by atoms with Crippen LogP contribution in [-0.4, -0.2) is 26.3 Å². The van der Waals surface area contributed by atoms with Gasteiger partial charge in [-0.1, -0.05) is 30.3 Å². The maximum Gasteiger partial charge on any atom is 0.0590 e. The Morgan fingerprint density at radius 1 is 1.31 bits per heavy atom. The summed E-state index contributed by atoms with van der Waals surface area (Å²) in [4.78, 5) is 0. The number of ether oxygens (including phenoxy) is 1. The summed E-state index contributed by atoms with van der Waals surface area (Å²) < 4.78 is 5.28. The van der Waals surface area contributed by atoms with Crippen LogP contribution in [-0.2, 0) is 4.74 Å². The minimum Gasteiger partial charge on any atom is -0.380 e. The molecule has 2 heteroatoms. The van der Waals surface area contributed by atoms with Gasteiger partial charge in [-0.2, -0.15) is 0 Å². The highest BCUT2D eigenvalue weighted by atomic mass is 16.5. The lowest BCUT2D eigenvalue weighted by molar-refractivity contribution is 0.149. The minimum absolute atomic E-state index is 0.792. The van der Waals surface area contributed by atoms with Gasteiger partial charge >= 0.3 is 0 Å². The van der Waals surface area contributed by atoms with Crippen LogP contribution in [0.5, 0.6) is 0 Å². The second kappa shape index (κ2) is 6.02. The summed E-state index contributed by atoms with van der Waals surface area (Å²) in [5.74, 6) is 1.63. The standard InChI is InChI=1S/C14H21NO/c1-2-16-9-8-15-11-13-10-14(13)12-6-4-3-5-7-12/h3-7,13-15H,2,8-11H2,1H3. The van der Waals surface area contributed by atoms with E-state index < -0.39 is 0 Å².